The predicted molar refractivity (Wildman–Crippen MR) is 92.7 cm³/mol. The van der Waals surface area contributed by atoms with Crippen molar-refractivity contribution < 1.29 is 14.3 Å². The highest BCUT2D eigenvalue weighted by atomic mass is 16.5. The van der Waals surface area contributed by atoms with Crippen LogP contribution >= 0.6 is 0 Å². The van der Waals surface area contributed by atoms with Gasteiger partial charge in [0.15, 0.2) is 0 Å². The van der Waals surface area contributed by atoms with E-state index in [1.807, 2.05) is 24.3 Å². The third-order valence-electron chi connectivity index (χ3n) is 3.66. The Kier molecular flexibility index (Phi) is 6.37. The van der Waals surface area contributed by atoms with Gasteiger partial charge in [-0.05, 0) is 41.8 Å². The van der Waals surface area contributed by atoms with Crippen LogP contribution in [0.2, 0.25) is 0 Å². The number of amides is 2. The van der Waals surface area contributed by atoms with Crippen LogP contribution in [-0.2, 0) is 17.8 Å². The van der Waals surface area contributed by atoms with Crippen molar-refractivity contribution in [3.05, 3.63) is 65.2 Å². The highest BCUT2D eigenvalue weighted by Crippen LogP contribution is 2.12. The molecule has 0 aromatic heterocycles. The van der Waals surface area contributed by atoms with Gasteiger partial charge in [-0.3, -0.25) is 9.59 Å². The Bertz CT molecular complexity index is 679. The fourth-order valence-electron chi connectivity index (χ4n) is 2.16. The molecule has 0 spiro atoms. The Hall–Kier alpha value is -2.82. The molecule has 24 heavy (non-hydrogen) atoms. The molecule has 126 valence electrons. The second kappa shape index (κ2) is 8.72. The van der Waals surface area contributed by atoms with E-state index in [0.717, 1.165) is 17.7 Å². The third-order valence-corrected chi connectivity index (χ3v) is 3.66. The molecule has 0 saturated heterocycles. The molecule has 0 aliphatic carbocycles. The molecule has 0 saturated carbocycles. The van der Waals surface area contributed by atoms with Gasteiger partial charge in [0.05, 0.1) is 13.0 Å². The number of hydrogen-bond donors (Lipinski definition) is 2. The molecule has 2 rings (SSSR count). The van der Waals surface area contributed by atoms with Crippen molar-refractivity contribution in [1.82, 2.24) is 5.32 Å². The van der Waals surface area contributed by atoms with Crippen LogP contribution in [0.3, 0.4) is 0 Å². The first kappa shape index (κ1) is 17.5. The smallest absolute Gasteiger partial charge is 0.248 e. The first-order valence-corrected chi connectivity index (χ1v) is 7.95. The average Bonchev–Trinajstić information content (AvgIpc) is 2.61. The zero-order chi connectivity index (χ0) is 17.4. The maximum atomic E-state index is 11.8. The van der Waals surface area contributed by atoms with Gasteiger partial charge < -0.3 is 15.8 Å². The van der Waals surface area contributed by atoms with Crippen LogP contribution in [0, 0.1) is 0 Å². The zero-order valence-corrected chi connectivity index (χ0v) is 13.7. The fourth-order valence-corrected chi connectivity index (χ4v) is 2.16. The Balaban J connectivity index is 1.70. The van der Waals surface area contributed by atoms with Crippen molar-refractivity contribution in [2.75, 3.05) is 6.61 Å². The molecule has 0 bridgehead atoms. The van der Waals surface area contributed by atoms with E-state index in [1.165, 1.54) is 5.56 Å². The molecule has 0 radical (unpaired) electrons. The van der Waals surface area contributed by atoms with E-state index in [-0.39, 0.29) is 12.3 Å². The van der Waals surface area contributed by atoms with Gasteiger partial charge in [-0.1, -0.05) is 31.2 Å². The molecule has 0 unspecified atom stereocenters. The number of primary amides is 1. The monoisotopic (exact) mass is 326 g/mol. The minimum absolute atomic E-state index is 0.0841. The number of carbonyl (C=O) groups is 2. The number of hydrogen-bond acceptors (Lipinski definition) is 3. The standard InChI is InChI=1S/C19H22N2O3/c1-2-14-5-9-17(10-6-14)24-12-11-18(22)21-13-15-3-7-16(8-4-15)19(20)23/h3-10H,2,11-13H2,1H3,(H2,20,23)(H,21,22). The summed E-state index contributed by atoms with van der Waals surface area (Å²) in [6, 6.07) is 14.7. The van der Waals surface area contributed by atoms with Crippen molar-refractivity contribution in [3.8, 4) is 5.75 Å². The number of benzene rings is 2. The lowest BCUT2D eigenvalue weighted by Gasteiger charge is -2.08. The summed E-state index contributed by atoms with van der Waals surface area (Å²) in [4.78, 5) is 22.8. The maximum absolute atomic E-state index is 11.8. The molecule has 2 aromatic carbocycles. The van der Waals surface area contributed by atoms with Gasteiger partial charge >= 0.3 is 0 Å². The van der Waals surface area contributed by atoms with Crippen molar-refractivity contribution >= 4 is 11.8 Å². The third kappa shape index (κ3) is 5.43. The van der Waals surface area contributed by atoms with Crippen LogP contribution in [0.25, 0.3) is 0 Å². The van der Waals surface area contributed by atoms with Crippen LogP contribution in [0.15, 0.2) is 48.5 Å². The number of rotatable bonds is 8. The summed E-state index contributed by atoms with van der Waals surface area (Å²) in [5.74, 6) is 0.218. The van der Waals surface area contributed by atoms with E-state index in [2.05, 4.69) is 12.2 Å². The van der Waals surface area contributed by atoms with Crippen molar-refractivity contribution in [1.29, 1.82) is 0 Å². The average molecular weight is 326 g/mol. The van der Waals surface area contributed by atoms with Crippen LogP contribution in [-0.4, -0.2) is 18.4 Å². The Morgan fingerprint density at radius 1 is 1.00 bits per heavy atom. The number of carbonyl (C=O) groups excluding carboxylic acids is 2. The predicted octanol–water partition coefficient (Wildman–Crippen LogP) is 2.43. The van der Waals surface area contributed by atoms with Gasteiger partial charge in [0.2, 0.25) is 11.8 Å². The Morgan fingerprint density at radius 3 is 2.21 bits per heavy atom. The Labute approximate surface area is 141 Å². The first-order chi connectivity index (χ1) is 11.6. The normalized spacial score (nSPS) is 10.2. The maximum Gasteiger partial charge on any atom is 0.248 e. The largest absolute Gasteiger partial charge is 0.493 e. The van der Waals surface area contributed by atoms with Gasteiger partial charge in [0.25, 0.3) is 0 Å². The Morgan fingerprint density at radius 2 is 1.62 bits per heavy atom. The van der Waals surface area contributed by atoms with E-state index >= 15 is 0 Å². The summed E-state index contributed by atoms with van der Waals surface area (Å²) in [7, 11) is 0. The molecule has 0 heterocycles. The topological polar surface area (TPSA) is 81.4 Å². The van der Waals surface area contributed by atoms with Gasteiger partial charge in [0, 0.05) is 12.1 Å². The van der Waals surface area contributed by atoms with E-state index < -0.39 is 5.91 Å². The highest BCUT2D eigenvalue weighted by Gasteiger charge is 2.04. The minimum atomic E-state index is -0.463. The number of nitrogens with two attached hydrogens (primary N) is 1. The van der Waals surface area contributed by atoms with E-state index in [9.17, 15) is 9.59 Å². The summed E-state index contributed by atoms with van der Waals surface area (Å²) in [5.41, 5.74) is 7.79. The molecule has 0 aliphatic heterocycles. The lowest BCUT2D eigenvalue weighted by Crippen LogP contribution is -2.24. The summed E-state index contributed by atoms with van der Waals surface area (Å²) in [6.07, 6.45) is 1.28. The minimum Gasteiger partial charge on any atom is -0.493 e. The van der Waals surface area contributed by atoms with Crippen molar-refractivity contribution in [2.45, 2.75) is 26.3 Å². The SMILES string of the molecule is CCc1ccc(OCCC(=O)NCc2ccc(C(N)=O)cc2)cc1. The fraction of sp³-hybridized carbons (Fsp3) is 0.263. The second-order valence-corrected chi connectivity index (χ2v) is 5.43. The quantitative estimate of drug-likeness (QED) is 0.782. The lowest BCUT2D eigenvalue weighted by atomic mass is 10.1. The number of nitrogens with one attached hydrogen (secondary N) is 1. The molecule has 2 amide bonds. The van der Waals surface area contributed by atoms with Crippen LogP contribution in [0.5, 0.6) is 5.75 Å². The molecular weight excluding hydrogens is 304 g/mol. The first-order valence-electron chi connectivity index (χ1n) is 7.95. The van der Waals surface area contributed by atoms with Crippen LogP contribution in [0.1, 0.15) is 34.8 Å². The zero-order valence-electron chi connectivity index (χ0n) is 13.7. The van der Waals surface area contributed by atoms with E-state index in [4.69, 9.17) is 10.5 Å². The van der Waals surface area contributed by atoms with E-state index in [1.54, 1.807) is 24.3 Å². The van der Waals surface area contributed by atoms with E-state index in [0.29, 0.717) is 18.7 Å². The van der Waals surface area contributed by atoms with Gasteiger partial charge in [-0.2, -0.15) is 0 Å². The second-order valence-electron chi connectivity index (χ2n) is 5.43. The molecule has 5 nitrogen and oxygen atoms in total. The van der Waals surface area contributed by atoms with Crippen LogP contribution in [0.4, 0.5) is 0 Å². The molecular formula is C19H22N2O3. The molecule has 0 atom stereocenters. The van der Waals surface area contributed by atoms with Gasteiger partial charge in [0.1, 0.15) is 5.75 Å². The number of aryl methyl sites for hydroxylation is 1. The van der Waals surface area contributed by atoms with Gasteiger partial charge in [-0.25, -0.2) is 0 Å². The molecule has 0 fully saturated rings. The molecule has 5 heteroatoms. The summed E-state index contributed by atoms with van der Waals surface area (Å²) in [5, 5.41) is 2.82. The van der Waals surface area contributed by atoms with Crippen molar-refractivity contribution in [2.24, 2.45) is 5.73 Å². The van der Waals surface area contributed by atoms with Crippen molar-refractivity contribution in [3.63, 3.8) is 0 Å². The molecule has 3 N–H and O–H groups in total. The number of ether oxygens (including phenoxy) is 1. The molecule has 0 aliphatic rings. The highest BCUT2D eigenvalue weighted by molar-refractivity contribution is 5.92. The van der Waals surface area contributed by atoms with Crippen LogP contribution < -0.4 is 15.8 Å². The lowest BCUT2D eigenvalue weighted by molar-refractivity contribution is -0.121. The van der Waals surface area contributed by atoms with Gasteiger partial charge in [-0.15, -0.1) is 0 Å². The summed E-state index contributed by atoms with van der Waals surface area (Å²) < 4.78 is 5.56. The molecule has 2 aromatic rings. The summed E-state index contributed by atoms with van der Waals surface area (Å²) in [6.45, 7) is 2.84. The summed E-state index contributed by atoms with van der Waals surface area (Å²) >= 11 is 0.